The Morgan fingerprint density at radius 2 is 2.33 bits per heavy atom. The fourth-order valence-corrected chi connectivity index (χ4v) is 0.742. The molecule has 0 bridgehead atoms. The minimum absolute atomic E-state index is 0.0967. The normalized spacial score (nSPS) is 9.08. The van der Waals surface area contributed by atoms with Crippen molar-refractivity contribution in [2.45, 2.75) is 0 Å². The Labute approximate surface area is 69.5 Å². The summed E-state index contributed by atoms with van der Waals surface area (Å²) in [5.41, 5.74) is 0.493. The van der Waals surface area contributed by atoms with Gasteiger partial charge in [-0.05, 0) is 24.9 Å². The second-order valence-corrected chi connectivity index (χ2v) is 2.14. The van der Waals surface area contributed by atoms with Crippen LogP contribution in [-0.4, -0.2) is 12.7 Å². The zero-order valence-electron chi connectivity index (χ0n) is 6.34. The van der Waals surface area contributed by atoms with Crippen LogP contribution in [0.5, 0.6) is 0 Å². The van der Waals surface area contributed by atoms with Gasteiger partial charge in [0, 0.05) is 5.69 Å². The molecule has 0 spiro atoms. The predicted octanol–water partition coefficient (Wildman–Crippen LogP) is 1.87. The fourth-order valence-electron chi connectivity index (χ4n) is 0.742. The van der Waals surface area contributed by atoms with Gasteiger partial charge in [0.25, 0.3) is 0 Å². The summed E-state index contributed by atoms with van der Waals surface area (Å²) in [7, 11) is 0. The number of benzene rings is 1. The molecule has 1 rings (SSSR count). The molecule has 0 saturated heterocycles. The molecular weight excluding hydrogens is 157 g/mol. The lowest BCUT2D eigenvalue weighted by molar-refractivity contribution is 0.628. The minimum Gasteiger partial charge on any atom is -0.325 e. The second kappa shape index (κ2) is 3.61. The molecule has 0 amide bonds. The highest BCUT2D eigenvalue weighted by molar-refractivity contribution is 5.93. The largest absolute Gasteiger partial charge is 0.325 e. The molecule has 0 aliphatic heterocycles. The van der Waals surface area contributed by atoms with E-state index in [2.05, 4.69) is 17.0 Å². The quantitative estimate of drug-likeness (QED) is 0.484. The first-order valence-electron chi connectivity index (χ1n) is 3.30. The summed E-state index contributed by atoms with van der Waals surface area (Å²) in [5, 5.41) is 9.63. The SMILES string of the molecule is C=NC(=N)Nc1cccc(F)c1. The molecule has 0 aliphatic rings. The van der Waals surface area contributed by atoms with Crippen molar-refractivity contribution in [2.75, 3.05) is 5.32 Å². The number of hydrogen-bond donors (Lipinski definition) is 2. The molecule has 0 saturated carbocycles. The minimum atomic E-state index is -0.350. The third-order valence-electron chi connectivity index (χ3n) is 1.25. The van der Waals surface area contributed by atoms with Crippen molar-refractivity contribution in [1.29, 1.82) is 5.41 Å². The Morgan fingerprint density at radius 1 is 1.58 bits per heavy atom. The molecular formula is C8H8FN3. The molecule has 4 heteroatoms. The molecule has 2 N–H and O–H groups in total. The van der Waals surface area contributed by atoms with E-state index in [0.29, 0.717) is 5.69 Å². The van der Waals surface area contributed by atoms with E-state index in [9.17, 15) is 4.39 Å². The summed E-state index contributed by atoms with van der Waals surface area (Å²) >= 11 is 0. The summed E-state index contributed by atoms with van der Waals surface area (Å²) in [6, 6.07) is 5.80. The van der Waals surface area contributed by atoms with Gasteiger partial charge in [0.1, 0.15) is 5.82 Å². The molecule has 0 fully saturated rings. The Morgan fingerprint density at radius 3 is 2.92 bits per heavy atom. The summed E-state index contributed by atoms with van der Waals surface area (Å²) in [6.45, 7) is 3.15. The Hall–Kier alpha value is -1.71. The monoisotopic (exact) mass is 165 g/mol. The van der Waals surface area contributed by atoms with Crippen molar-refractivity contribution in [3.63, 3.8) is 0 Å². The fraction of sp³-hybridized carbons (Fsp3) is 0. The number of hydrogen-bond acceptors (Lipinski definition) is 1. The van der Waals surface area contributed by atoms with E-state index in [1.54, 1.807) is 12.1 Å². The van der Waals surface area contributed by atoms with Gasteiger partial charge >= 0.3 is 0 Å². The van der Waals surface area contributed by atoms with Crippen molar-refractivity contribution >= 4 is 18.4 Å². The summed E-state index contributed by atoms with van der Waals surface area (Å²) in [6.07, 6.45) is 0. The molecule has 0 heterocycles. The molecule has 1 aromatic carbocycles. The van der Waals surface area contributed by atoms with Crippen molar-refractivity contribution in [3.8, 4) is 0 Å². The van der Waals surface area contributed by atoms with Crippen LogP contribution >= 0.6 is 0 Å². The van der Waals surface area contributed by atoms with E-state index in [4.69, 9.17) is 5.41 Å². The van der Waals surface area contributed by atoms with E-state index in [0.717, 1.165) is 0 Å². The van der Waals surface area contributed by atoms with Gasteiger partial charge in [0.2, 0.25) is 5.96 Å². The summed E-state index contributed by atoms with van der Waals surface area (Å²) in [5.74, 6) is -0.447. The molecule has 0 atom stereocenters. The third kappa shape index (κ3) is 2.16. The summed E-state index contributed by atoms with van der Waals surface area (Å²) in [4.78, 5) is 3.31. The standard InChI is InChI=1S/C8H8FN3/c1-11-8(10)12-7-4-2-3-6(9)5-7/h2-5H,1H2,(H2,10,12). The molecule has 1 aromatic rings. The Bertz CT molecular complexity index is 309. The van der Waals surface area contributed by atoms with Crippen LogP contribution < -0.4 is 5.32 Å². The highest BCUT2D eigenvalue weighted by Gasteiger charge is 1.95. The van der Waals surface area contributed by atoms with E-state index in [1.165, 1.54) is 12.1 Å². The van der Waals surface area contributed by atoms with Crippen molar-refractivity contribution in [1.82, 2.24) is 0 Å². The van der Waals surface area contributed by atoms with Crippen molar-refractivity contribution in [2.24, 2.45) is 4.99 Å². The van der Waals surface area contributed by atoms with Gasteiger partial charge in [0.15, 0.2) is 0 Å². The van der Waals surface area contributed by atoms with Crippen molar-refractivity contribution < 1.29 is 4.39 Å². The van der Waals surface area contributed by atoms with Gasteiger partial charge in [0.05, 0.1) is 0 Å². The molecule has 0 unspecified atom stereocenters. The van der Waals surface area contributed by atoms with E-state index in [1.807, 2.05) is 0 Å². The highest BCUT2D eigenvalue weighted by Crippen LogP contribution is 2.08. The predicted molar refractivity (Wildman–Crippen MR) is 47.3 cm³/mol. The van der Waals surface area contributed by atoms with Crippen LogP contribution in [0.2, 0.25) is 0 Å². The van der Waals surface area contributed by atoms with Crippen LogP contribution in [0, 0.1) is 11.2 Å². The van der Waals surface area contributed by atoms with Gasteiger partial charge in [-0.2, -0.15) is 0 Å². The number of rotatable bonds is 1. The van der Waals surface area contributed by atoms with Gasteiger partial charge in [-0.25, -0.2) is 9.38 Å². The maximum Gasteiger partial charge on any atom is 0.219 e. The lowest BCUT2D eigenvalue weighted by atomic mass is 10.3. The number of aliphatic imine (C=N–C) groups is 1. The highest BCUT2D eigenvalue weighted by atomic mass is 19.1. The average Bonchev–Trinajstić information content (AvgIpc) is 2.04. The maximum atomic E-state index is 12.6. The number of guanidine groups is 1. The topological polar surface area (TPSA) is 48.2 Å². The zero-order valence-corrected chi connectivity index (χ0v) is 6.34. The first kappa shape index (κ1) is 8.39. The zero-order chi connectivity index (χ0) is 8.97. The molecule has 12 heavy (non-hydrogen) atoms. The maximum absolute atomic E-state index is 12.6. The van der Waals surface area contributed by atoms with E-state index < -0.39 is 0 Å². The van der Waals surface area contributed by atoms with E-state index in [-0.39, 0.29) is 11.8 Å². The number of halogens is 1. The van der Waals surface area contributed by atoms with Gasteiger partial charge in [-0.1, -0.05) is 6.07 Å². The van der Waals surface area contributed by atoms with Crippen LogP contribution in [0.3, 0.4) is 0 Å². The molecule has 0 radical (unpaired) electrons. The second-order valence-electron chi connectivity index (χ2n) is 2.14. The lowest BCUT2D eigenvalue weighted by Crippen LogP contribution is -2.06. The lowest BCUT2D eigenvalue weighted by Gasteiger charge is -2.01. The van der Waals surface area contributed by atoms with E-state index >= 15 is 0 Å². The van der Waals surface area contributed by atoms with Crippen LogP contribution in [0.4, 0.5) is 10.1 Å². The molecule has 0 aliphatic carbocycles. The first-order valence-corrected chi connectivity index (χ1v) is 3.30. The summed E-state index contributed by atoms with van der Waals surface area (Å²) < 4.78 is 12.6. The van der Waals surface area contributed by atoms with Crippen LogP contribution in [-0.2, 0) is 0 Å². The van der Waals surface area contributed by atoms with Gasteiger partial charge in [-0.3, -0.25) is 5.41 Å². The Kier molecular flexibility index (Phi) is 2.53. The molecule has 62 valence electrons. The van der Waals surface area contributed by atoms with Gasteiger partial charge in [-0.15, -0.1) is 0 Å². The van der Waals surface area contributed by atoms with Crippen LogP contribution in [0.25, 0.3) is 0 Å². The van der Waals surface area contributed by atoms with Crippen LogP contribution in [0.1, 0.15) is 0 Å². The first-order chi connectivity index (χ1) is 5.72. The third-order valence-corrected chi connectivity index (χ3v) is 1.25. The van der Waals surface area contributed by atoms with Crippen molar-refractivity contribution in [3.05, 3.63) is 30.1 Å². The van der Waals surface area contributed by atoms with Gasteiger partial charge < -0.3 is 5.32 Å². The smallest absolute Gasteiger partial charge is 0.219 e. The average molecular weight is 165 g/mol. The Balaban J connectivity index is 2.76. The molecule has 3 nitrogen and oxygen atoms in total. The number of anilines is 1. The number of nitrogens with one attached hydrogen (secondary N) is 2. The van der Waals surface area contributed by atoms with Crippen LogP contribution in [0.15, 0.2) is 29.3 Å². The molecule has 0 aromatic heterocycles. The number of nitrogens with zero attached hydrogens (tertiary/aromatic N) is 1.